The van der Waals surface area contributed by atoms with Gasteiger partial charge in [0.05, 0.1) is 5.69 Å². The summed E-state index contributed by atoms with van der Waals surface area (Å²) in [5, 5.41) is 16.7. The Morgan fingerprint density at radius 2 is 2.35 bits per heavy atom. The van der Waals surface area contributed by atoms with Crippen molar-refractivity contribution in [2.75, 3.05) is 6.54 Å². The van der Waals surface area contributed by atoms with E-state index >= 15 is 0 Å². The average Bonchev–Trinajstić information content (AvgIpc) is 2.78. The molecule has 5 nitrogen and oxygen atoms in total. The molecule has 0 aliphatic carbocycles. The van der Waals surface area contributed by atoms with Gasteiger partial charge in [0.15, 0.2) is 11.5 Å². The molecule has 0 fully saturated rings. The third kappa shape index (κ3) is 1.59. The van der Waals surface area contributed by atoms with E-state index in [9.17, 15) is 0 Å². The van der Waals surface area contributed by atoms with Gasteiger partial charge in [-0.3, -0.25) is 0 Å². The van der Waals surface area contributed by atoms with Crippen molar-refractivity contribution in [3.05, 3.63) is 41.3 Å². The first kappa shape index (κ1) is 10.00. The van der Waals surface area contributed by atoms with Crippen LogP contribution in [-0.4, -0.2) is 21.3 Å². The Kier molecular flexibility index (Phi) is 2.35. The van der Waals surface area contributed by atoms with Gasteiger partial charge in [-0.15, -0.1) is 0 Å². The van der Waals surface area contributed by atoms with Gasteiger partial charge in [0, 0.05) is 31.3 Å². The number of hydrogen-bond donors (Lipinski definition) is 1. The van der Waals surface area contributed by atoms with Gasteiger partial charge in [0.2, 0.25) is 0 Å². The predicted octanol–water partition coefficient (Wildman–Crippen LogP) is 0.785. The van der Waals surface area contributed by atoms with Crippen LogP contribution in [0.2, 0.25) is 0 Å². The van der Waals surface area contributed by atoms with E-state index in [0.717, 1.165) is 30.0 Å². The summed E-state index contributed by atoms with van der Waals surface area (Å²) in [6, 6.07) is 7.83. The summed E-state index contributed by atoms with van der Waals surface area (Å²) in [5.74, 6) is 0.771. The molecule has 1 N–H and O–H groups in total. The molecule has 5 heteroatoms. The highest BCUT2D eigenvalue weighted by Gasteiger charge is 2.21. The standard InChI is InChI=1S/C12H11N5/c13-7-10-9-8-14-6-4-11(9)17(16-10)12-3-1-2-5-15-12/h1-3,5,14H,4,6,8H2. The van der Waals surface area contributed by atoms with Crippen molar-refractivity contribution in [2.45, 2.75) is 13.0 Å². The molecule has 0 aromatic carbocycles. The van der Waals surface area contributed by atoms with Crippen LogP contribution in [0.1, 0.15) is 17.0 Å². The van der Waals surface area contributed by atoms with Crippen LogP contribution in [-0.2, 0) is 13.0 Å². The molecule has 0 radical (unpaired) electrons. The SMILES string of the molecule is N#Cc1nn(-c2ccccn2)c2c1CNCC2. The van der Waals surface area contributed by atoms with Crippen LogP contribution in [0.15, 0.2) is 24.4 Å². The molecule has 1 aliphatic heterocycles. The second kappa shape index (κ2) is 4.00. The highest BCUT2D eigenvalue weighted by atomic mass is 15.3. The highest BCUT2D eigenvalue weighted by Crippen LogP contribution is 2.20. The molecular formula is C12H11N5. The van der Waals surface area contributed by atoms with E-state index < -0.39 is 0 Å². The van der Waals surface area contributed by atoms with Crippen LogP contribution in [0.3, 0.4) is 0 Å². The van der Waals surface area contributed by atoms with Crippen molar-refractivity contribution >= 4 is 0 Å². The molecule has 2 aromatic heterocycles. The van der Waals surface area contributed by atoms with Gasteiger partial charge in [0.25, 0.3) is 0 Å². The zero-order valence-electron chi connectivity index (χ0n) is 9.22. The maximum absolute atomic E-state index is 9.08. The molecule has 17 heavy (non-hydrogen) atoms. The number of aromatic nitrogens is 3. The third-order valence-corrected chi connectivity index (χ3v) is 2.90. The summed E-state index contributed by atoms with van der Waals surface area (Å²) in [6.45, 7) is 1.63. The molecule has 3 heterocycles. The summed E-state index contributed by atoms with van der Waals surface area (Å²) < 4.78 is 1.79. The maximum atomic E-state index is 9.08. The molecule has 0 saturated carbocycles. The van der Waals surface area contributed by atoms with Crippen LogP contribution in [0.4, 0.5) is 0 Å². The molecule has 84 valence electrons. The van der Waals surface area contributed by atoms with Crippen molar-refractivity contribution in [1.82, 2.24) is 20.1 Å². The Morgan fingerprint density at radius 3 is 3.12 bits per heavy atom. The second-order valence-corrected chi connectivity index (χ2v) is 3.91. The Balaban J connectivity index is 2.18. The van der Waals surface area contributed by atoms with E-state index in [1.165, 1.54) is 0 Å². The molecule has 1 aliphatic rings. The van der Waals surface area contributed by atoms with E-state index in [4.69, 9.17) is 5.26 Å². The van der Waals surface area contributed by atoms with Crippen molar-refractivity contribution in [1.29, 1.82) is 5.26 Å². The van der Waals surface area contributed by atoms with E-state index in [2.05, 4.69) is 21.5 Å². The molecular weight excluding hydrogens is 214 g/mol. The summed E-state index contributed by atoms with van der Waals surface area (Å²) in [6.07, 6.45) is 2.61. The minimum atomic E-state index is 0.498. The number of fused-ring (bicyclic) bond motifs is 1. The zero-order chi connectivity index (χ0) is 11.7. The first-order valence-electron chi connectivity index (χ1n) is 5.53. The number of hydrogen-bond acceptors (Lipinski definition) is 4. The molecule has 0 amide bonds. The minimum absolute atomic E-state index is 0.498. The van der Waals surface area contributed by atoms with Gasteiger partial charge in [-0.2, -0.15) is 10.4 Å². The molecule has 0 unspecified atom stereocenters. The van der Waals surface area contributed by atoms with Gasteiger partial charge in [-0.25, -0.2) is 9.67 Å². The fraction of sp³-hybridized carbons (Fsp3) is 0.250. The van der Waals surface area contributed by atoms with E-state index in [0.29, 0.717) is 12.2 Å². The highest BCUT2D eigenvalue weighted by molar-refractivity contribution is 5.40. The van der Waals surface area contributed by atoms with Crippen LogP contribution in [0, 0.1) is 11.3 Å². The zero-order valence-corrected chi connectivity index (χ0v) is 9.22. The lowest BCUT2D eigenvalue weighted by Crippen LogP contribution is -2.24. The summed E-state index contributed by atoms with van der Waals surface area (Å²) in [4.78, 5) is 4.28. The number of pyridine rings is 1. The Hall–Kier alpha value is -2.19. The first-order valence-corrected chi connectivity index (χ1v) is 5.53. The Bertz CT molecular complexity index is 579. The van der Waals surface area contributed by atoms with Crippen molar-refractivity contribution in [2.24, 2.45) is 0 Å². The lowest BCUT2D eigenvalue weighted by atomic mass is 10.1. The second-order valence-electron chi connectivity index (χ2n) is 3.91. The summed E-state index contributed by atoms with van der Waals surface area (Å²) in [7, 11) is 0. The minimum Gasteiger partial charge on any atom is -0.312 e. The average molecular weight is 225 g/mol. The third-order valence-electron chi connectivity index (χ3n) is 2.90. The topological polar surface area (TPSA) is 66.5 Å². The normalized spacial score (nSPS) is 14.1. The van der Waals surface area contributed by atoms with E-state index in [1.807, 2.05) is 18.2 Å². The largest absolute Gasteiger partial charge is 0.312 e. The fourth-order valence-corrected chi connectivity index (χ4v) is 2.11. The van der Waals surface area contributed by atoms with Gasteiger partial charge in [-0.1, -0.05) is 6.07 Å². The maximum Gasteiger partial charge on any atom is 0.167 e. The van der Waals surface area contributed by atoms with Crippen molar-refractivity contribution in [3.63, 3.8) is 0 Å². The van der Waals surface area contributed by atoms with Crippen LogP contribution < -0.4 is 5.32 Å². The number of rotatable bonds is 1. The monoisotopic (exact) mass is 225 g/mol. The lowest BCUT2D eigenvalue weighted by molar-refractivity contribution is 0.620. The van der Waals surface area contributed by atoms with Crippen molar-refractivity contribution < 1.29 is 0 Å². The first-order chi connectivity index (χ1) is 8.40. The van der Waals surface area contributed by atoms with E-state index in [1.54, 1.807) is 10.9 Å². The molecule has 0 atom stereocenters. The number of nitrogens with zero attached hydrogens (tertiary/aromatic N) is 4. The van der Waals surface area contributed by atoms with Gasteiger partial charge < -0.3 is 5.32 Å². The summed E-state index contributed by atoms with van der Waals surface area (Å²) in [5.41, 5.74) is 2.60. The van der Waals surface area contributed by atoms with Gasteiger partial charge >= 0.3 is 0 Å². The van der Waals surface area contributed by atoms with Crippen molar-refractivity contribution in [3.8, 4) is 11.9 Å². The number of nitriles is 1. The van der Waals surface area contributed by atoms with Crippen LogP contribution in [0.5, 0.6) is 0 Å². The fourth-order valence-electron chi connectivity index (χ4n) is 2.11. The quantitative estimate of drug-likeness (QED) is 0.779. The van der Waals surface area contributed by atoms with E-state index in [-0.39, 0.29) is 0 Å². The Morgan fingerprint density at radius 1 is 1.41 bits per heavy atom. The molecule has 0 spiro atoms. The smallest absolute Gasteiger partial charge is 0.167 e. The number of nitrogens with one attached hydrogen (secondary N) is 1. The van der Waals surface area contributed by atoms with Crippen LogP contribution >= 0.6 is 0 Å². The Labute approximate surface area is 98.7 Å². The molecule has 0 saturated heterocycles. The summed E-state index contributed by atoms with van der Waals surface area (Å²) >= 11 is 0. The van der Waals surface area contributed by atoms with Crippen LogP contribution in [0.25, 0.3) is 5.82 Å². The molecule has 3 rings (SSSR count). The lowest BCUT2D eigenvalue weighted by Gasteiger charge is -2.14. The predicted molar refractivity (Wildman–Crippen MR) is 61.5 cm³/mol. The molecule has 2 aromatic rings. The van der Waals surface area contributed by atoms with Gasteiger partial charge in [-0.05, 0) is 12.1 Å². The molecule has 0 bridgehead atoms. The van der Waals surface area contributed by atoms with Gasteiger partial charge in [0.1, 0.15) is 6.07 Å².